The predicted molar refractivity (Wildman–Crippen MR) is 114 cm³/mol. The molecule has 0 N–H and O–H groups in total. The van der Waals surface area contributed by atoms with Gasteiger partial charge in [0.25, 0.3) is 5.91 Å². The number of aromatic nitrogens is 3. The zero-order valence-corrected chi connectivity index (χ0v) is 17.7. The van der Waals surface area contributed by atoms with Crippen molar-refractivity contribution in [2.24, 2.45) is 0 Å². The molecule has 3 aromatic rings. The van der Waals surface area contributed by atoms with Gasteiger partial charge in [-0.3, -0.25) is 9.78 Å². The van der Waals surface area contributed by atoms with E-state index in [2.05, 4.69) is 10.1 Å². The number of alkyl halides is 3. The normalized spacial score (nSPS) is 15.4. The smallest absolute Gasteiger partial charge is 0.310 e. The highest BCUT2D eigenvalue weighted by Gasteiger charge is 2.39. The van der Waals surface area contributed by atoms with Gasteiger partial charge in [0.2, 0.25) is 0 Å². The van der Waals surface area contributed by atoms with Crippen LogP contribution in [-0.4, -0.2) is 27.7 Å². The van der Waals surface area contributed by atoms with Crippen molar-refractivity contribution in [1.82, 2.24) is 14.8 Å². The number of carbonyl (C=O) groups excluding carboxylic acids is 1. The van der Waals surface area contributed by atoms with Gasteiger partial charge in [-0.2, -0.15) is 18.3 Å². The van der Waals surface area contributed by atoms with Gasteiger partial charge >= 0.3 is 6.18 Å². The third-order valence-electron chi connectivity index (χ3n) is 6.38. The minimum atomic E-state index is -4.50. The van der Waals surface area contributed by atoms with Gasteiger partial charge in [0.1, 0.15) is 0 Å². The summed E-state index contributed by atoms with van der Waals surface area (Å²) in [6.07, 6.45) is 2.64. The maximum absolute atomic E-state index is 13.6. The molecule has 0 saturated carbocycles. The van der Waals surface area contributed by atoms with Crippen molar-refractivity contribution in [3.8, 4) is 5.69 Å². The molecular weight excluding hydrogens is 417 g/mol. The average Bonchev–Trinajstić information content (AvgIpc) is 3.42. The molecule has 0 radical (unpaired) electrons. The Morgan fingerprint density at radius 1 is 1.06 bits per heavy atom. The fourth-order valence-electron chi connectivity index (χ4n) is 4.72. The maximum Gasteiger partial charge on any atom is 0.435 e. The molecule has 0 saturated heterocycles. The summed E-state index contributed by atoms with van der Waals surface area (Å²) < 4.78 is 42.0. The predicted octanol–water partition coefficient (Wildman–Crippen LogP) is 4.93. The van der Waals surface area contributed by atoms with Crippen LogP contribution in [0.5, 0.6) is 0 Å². The Hall–Kier alpha value is -3.16. The third kappa shape index (κ3) is 3.57. The van der Waals surface area contributed by atoms with Gasteiger partial charge in [0.05, 0.1) is 17.6 Å². The Bertz CT molecular complexity index is 1200. The van der Waals surface area contributed by atoms with Crippen LogP contribution in [-0.2, 0) is 31.9 Å². The first kappa shape index (κ1) is 20.7. The van der Waals surface area contributed by atoms with Gasteiger partial charge in [-0.25, -0.2) is 4.68 Å². The van der Waals surface area contributed by atoms with E-state index in [1.54, 1.807) is 37.5 Å². The number of nitrogens with zero attached hydrogens (tertiary/aromatic N) is 4. The number of anilines is 1. The lowest BCUT2D eigenvalue weighted by atomic mass is 9.95. The van der Waals surface area contributed by atoms with Crippen LogP contribution in [0.1, 0.15) is 57.8 Å². The molecule has 1 aromatic carbocycles. The highest BCUT2D eigenvalue weighted by Crippen LogP contribution is 2.37. The molecule has 8 heteroatoms. The van der Waals surface area contributed by atoms with E-state index in [9.17, 15) is 18.0 Å². The first-order chi connectivity index (χ1) is 15.3. The molecule has 5 rings (SSSR count). The number of hydrogen-bond donors (Lipinski definition) is 0. The quantitative estimate of drug-likeness (QED) is 0.580. The Morgan fingerprint density at radius 3 is 2.69 bits per heavy atom. The molecule has 0 aliphatic heterocycles. The van der Waals surface area contributed by atoms with E-state index in [1.807, 2.05) is 6.07 Å². The highest BCUT2D eigenvalue weighted by atomic mass is 19.4. The highest BCUT2D eigenvalue weighted by molar-refractivity contribution is 6.06. The summed E-state index contributed by atoms with van der Waals surface area (Å²) >= 11 is 0. The van der Waals surface area contributed by atoms with Gasteiger partial charge in [-0.05, 0) is 74.8 Å². The topological polar surface area (TPSA) is 51.0 Å². The molecule has 0 fully saturated rings. The van der Waals surface area contributed by atoms with E-state index in [4.69, 9.17) is 0 Å². The van der Waals surface area contributed by atoms with E-state index in [-0.39, 0.29) is 11.5 Å². The van der Waals surface area contributed by atoms with E-state index in [0.717, 1.165) is 37.8 Å². The minimum absolute atomic E-state index is 0.247. The molecule has 2 aliphatic carbocycles. The van der Waals surface area contributed by atoms with Crippen molar-refractivity contribution in [1.29, 1.82) is 0 Å². The number of benzene rings is 1. The summed E-state index contributed by atoms with van der Waals surface area (Å²) in [7, 11) is 1.69. The van der Waals surface area contributed by atoms with E-state index in [1.165, 1.54) is 15.1 Å². The summed E-state index contributed by atoms with van der Waals surface area (Å²) in [4.78, 5) is 19.2. The van der Waals surface area contributed by atoms with Crippen LogP contribution in [0.4, 0.5) is 18.9 Å². The number of fused-ring (bicyclic) bond motifs is 2. The van der Waals surface area contributed by atoms with E-state index >= 15 is 0 Å². The average molecular weight is 440 g/mol. The summed E-state index contributed by atoms with van der Waals surface area (Å²) in [5, 5.41) is 3.93. The first-order valence-electron chi connectivity index (χ1n) is 10.9. The summed E-state index contributed by atoms with van der Waals surface area (Å²) in [6, 6.07) is 8.65. The molecule has 166 valence electrons. The van der Waals surface area contributed by atoms with Gasteiger partial charge < -0.3 is 4.90 Å². The first-order valence-corrected chi connectivity index (χ1v) is 10.9. The molecule has 32 heavy (non-hydrogen) atoms. The van der Waals surface area contributed by atoms with Crippen LogP contribution in [0.2, 0.25) is 0 Å². The number of halogens is 3. The molecule has 0 atom stereocenters. The van der Waals surface area contributed by atoms with Crippen LogP contribution in [0.15, 0.2) is 36.5 Å². The summed E-state index contributed by atoms with van der Waals surface area (Å²) in [5.74, 6) is -0.247. The molecule has 0 bridgehead atoms. The lowest BCUT2D eigenvalue weighted by Gasteiger charge is -2.19. The van der Waals surface area contributed by atoms with Crippen LogP contribution in [0.3, 0.4) is 0 Å². The van der Waals surface area contributed by atoms with Crippen LogP contribution >= 0.6 is 0 Å². The summed E-state index contributed by atoms with van der Waals surface area (Å²) in [5.41, 5.74) is 3.86. The van der Waals surface area contributed by atoms with Gasteiger partial charge in [-0.1, -0.05) is 6.07 Å². The number of amides is 1. The van der Waals surface area contributed by atoms with Crippen molar-refractivity contribution in [3.63, 3.8) is 0 Å². The lowest BCUT2D eigenvalue weighted by Crippen LogP contribution is -2.26. The number of rotatable bonds is 3. The number of aryl methyl sites for hydroxylation is 2. The van der Waals surface area contributed by atoms with E-state index in [0.29, 0.717) is 35.5 Å². The van der Waals surface area contributed by atoms with Crippen molar-refractivity contribution in [3.05, 3.63) is 70.3 Å². The maximum atomic E-state index is 13.6. The van der Waals surface area contributed by atoms with Crippen LogP contribution in [0.25, 0.3) is 5.69 Å². The molecule has 0 spiro atoms. The largest absolute Gasteiger partial charge is 0.435 e. The molecular formula is C24H23F3N4O. The van der Waals surface area contributed by atoms with Crippen LogP contribution < -0.4 is 4.90 Å². The zero-order valence-electron chi connectivity index (χ0n) is 17.7. The second-order valence-corrected chi connectivity index (χ2v) is 8.46. The molecule has 2 aliphatic rings. The Balaban J connectivity index is 1.49. The van der Waals surface area contributed by atoms with Crippen LogP contribution in [0, 0.1) is 0 Å². The fourth-order valence-corrected chi connectivity index (χ4v) is 4.72. The lowest BCUT2D eigenvalue weighted by molar-refractivity contribution is -0.142. The number of carbonyl (C=O) groups is 1. The molecule has 5 nitrogen and oxygen atoms in total. The van der Waals surface area contributed by atoms with Gasteiger partial charge in [0, 0.05) is 29.6 Å². The van der Waals surface area contributed by atoms with Gasteiger partial charge in [-0.15, -0.1) is 0 Å². The minimum Gasteiger partial charge on any atom is -0.310 e. The second kappa shape index (κ2) is 7.76. The monoisotopic (exact) mass is 440 g/mol. The second-order valence-electron chi connectivity index (χ2n) is 8.46. The number of hydrogen-bond acceptors (Lipinski definition) is 3. The van der Waals surface area contributed by atoms with Crippen molar-refractivity contribution in [2.75, 3.05) is 11.9 Å². The van der Waals surface area contributed by atoms with Crippen molar-refractivity contribution < 1.29 is 18.0 Å². The van der Waals surface area contributed by atoms with Gasteiger partial charge in [0.15, 0.2) is 5.69 Å². The van der Waals surface area contributed by atoms with Crippen molar-refractivity contribution >= 4 is 11.6 Å². The SMILES string of the molecule is CN(C(=O)c1cccc(-n2nc(C(F)(F)F)c3c2CCCC3)c1)c1cnc2c(c1)CCC2. The Morgan fingerprint density at radius 2 is 1.88 bits per heavy atom. The van der Waals surface area contributed by atoms with Crippen molar-refractivity contribution in [2.45, 2.75) is 51.1 Å². The number of pyridine rings is 1. The fraction of sp³-hybridized carbons (Fsp3) is 0.375. The zero-order chi connectivity index (χ0) is 22.5. The molecule has 2 heterocycles. The van der Waals surface area contributed by atoms with E-state index < -0.39 is 11.9 Å². The Labute approximate surface area is 183 Å². The molecule has 1 amide bonds. The Kier molecular flexibility index (Phi) is 5.03. The summed E-state index contributed by atoms with van der Waals surface area (Å²) in [6.45, 7) is 0. The molecule has 2 aromatic heterocycles. The third-order valence-corrected chi connectivity index (χ3v) is 6.38. The molecule has 0 unspecified atom stereocenters. The standard InChI is InChI=1S/C24H23F3N4O/c1-30(18-12-15-6-5-10-20(15)28-14-18)23(32)16-7-4-8-17(13-16)31-21-11-3-2-9-19(21)22(29-31)24(25,26)27/h4,7-8,12-14H,2-3,5-6,9-11H2,1H3.